The molecule has 29 heavy (non-hydrogen) atoms. The molecule has 0 atom stereocenters. The highest BCUT2D eigenvalue weighted by Crippen LogP contribution is 2.25. The number of hydrogen-bond donors (Lipinski definition) is 1. The van der Waals surface area contributed by atoms with Crippen molar-refractivity contribution in [2.24, 2.45) is 0 Å². The van der Waals surface area contributed by atoms with Gasteiger partial charge in [-0.2, -0.15) is 0 Å². The Bertz CT molecular complexity index is 955. The molecule has 0 radical (unpaired) electrons. The number of ether oxygens (including phenoxy) is 1. The number of amides is 1. The molecule has 1 heterocycles. The smallest absolute Gasteiger partial charge is 0.337 e. The van der Waals surface area contributed by atoms with E-state index >= 15 is 0 Å². The fourth-order valence-electron chi connectivity index (χ4n) is 2.84. The van der Waals surface area contributed by atoms with E-state index in [2.05, 4.69) is 27.3 Å². The monoisotopic (exact) mass is 409 g/mol. The first kappa shape index (κ1) is 20.7. The van der Waals surface area contributed by atoms with Crippen LogP contribution in [-0.4, -0.2) is 42.0 Å². The number of thiazole rings is 1. The van der Waals surface area contributed by atoms with Crippen LogP contribution in [0.2, 0.25) is 0 Å². The van der Waals surface area contributed by atoms with Crippen molar-refractivity contribution in [2.45, 2.75) is 13.5 Å². The molecule has 0 unspecified atom stereocenters. The zero-order chi connectivity index (χ0) is 20.6. The zero-order valence-corrected chi connectivity index (χ0v) is 17.2. The lowest BCUT2D eigenvalue weighted by Crippen LogP contribution is -2.32. The summed E-state index contributed by atoms with van der Waals surface area (Å²) in [5.74, 6) is -0.469. The van der Waals surface area contributed by atoms with E-state index in [1.807, 2.05) is 42.6 Å². The van der Waals surface area contributed by atoms with Gasteiger partial charge < -0.3 is 10.1 Å². The normalized spacial score (nSPS) is 10.7. The van der Waals surface area contributed by atoms with Crippen molar-refractivity contribution in [1.82, 2.24) is 9.88 Å². The Kier molecular flexibility index (Phi) is 7.10. The number of benzene rings is 2. The van der Waals surface area contributed by atoms with E-state index in [0.29, 0.717) is 17.2 Å². The molecule has 0 aliphatic carbocycles. The van der Waals surface area contributed by atoms with Crippen molar-refractivity contribution >= 4 is 28.3 Å². The molecule has 7 heteroatoms. The van der Waals surface area contributed by atoms with Crippen LogP contribution in [0.1, 0.15) is 22.8 Å². The van der Waals surface area contributed by atoms with Gasteiger partial charge in [0.05, 0.1) is 24.9 Å². The molecule has 1 amide bonds. The van der Waals surface area contributed by atoms with E-state index in [0.717, 1.165) is 24.3 Å². The highest BCUT2D eigenvalue weighted by atomic mass is 32.1. The van der Waals surface area contributed by atoms with E-state index in [4.69, 9.17) is 4.74 Å². The van der Waals surface area contributed by atoms with Crippen LogP contribution in [0.4, 0.5) is 5.13 Å². The molecule has 0 bridgehead atoms. The third-order valence-corrected chi connectivity index (χ3v) is 5.17. The Morgan fingerprint density at radius 2 is 1.83 bits per heavy atom. The number of carbonyl (C=O) groups excluding carboxylic acids is 2. The Morgan fingerprint density at radius 1 is 1.10 bits per heavy atom. The molecule has 3 aromatic rings. The van der Waals surface area contributed by atoms with Crippen molar-refractivity contribution in [3.05, 3.63) is 71.1 Å². The number of carbonyl (C=O) groups is 2. The molecule has 0 saturated carbocycles. The average Bonchev–Trinajstić information content (AvgIpc) is 3.21. The van der Waals surface area contributed by atoms with Gasteiger partial charge in [-0.3, -0.25) is 9.69 Å². The molecule has 0 fully saturated rings. The van der Waals surface area contributed by atoms with Gasteiger partial charge in [-0.15, -0.1) is 11.3 Å². The molecule has 0 spiro atoms. The van der Waals surface area contributed by atoms with Crippen LogP contribution in [0.3, 0.4) is 0 Å². The maximum Gasteiger partial charge on any atom is 0.337 e. The molecule has 3 rings (SSSR count). The van der Waals surface area contributed by atoms with Crippen LogP contribution >= 0.6 is 11.3 Å². The van der Waals surface area contributed by atoms with Crippen molar-refractivity contribution < 1.29 is 14.3 Å². The van der Waals surface area contributed by atoms with Gasteiger partial charge in [0.25, 0.3) is 0 Å². The number of aromatic nitrogens is 1. The Balaban J connectivity index is 1.59. The molecular formula is C22H23N3O3S. The fourth-order valence-corrected chi connectivity index (χ4v) is 3.58. The number of nitrogens with zero attached hydrogens (tertiary/aromatic N) is 2. The molecule has 1 aromatic heterocycles. The standard InChI is InChI=1S/C22H23N3O3S/c1-3-25(13-16-7-5-4-6-8-16)14-20(26)24-22-23-19(15-29-22)17-9-11-18(12-10-17)21(27)28-2/h4-12,15H,3,13-14H2,1-2H3,(H,23,24,26). The number of esters is 1. The van der Waals surface area contributed by atoms with Crippen molar-refractivity contribution in [3.8, 4) is 11.3 Å². The van der Waals surface area contributed by atoms with Gasteiger partial charge >= 0.3 is 5.97 Å². The maximum atomic E-state index is 12.4. The summed E-state index contributed by atoms with van der Waals surface area (Å²) in [4.78, 5) is 30.5. The van der Waals surface area contributed by atoms with E-state index in [1.54, 1.807) is 12.1 Å². The minimum absolute atomic E-state index is 0.0929. The van der Waals surface area contributed by atoms with E-state index in [9.17, 15) is 9.59 Å². The summed E-state index contributed by atoms with van der Waals surface area (Å²) in [7, 11) is 1.35. The molecule has 150 valence electrons. The molecule has 0 aliphatic rings. The molecular weight excluding hydrogens is 386 g/mol. The average molecular weight is 410 g/mol. The summed E-state index contributed by atoms with van der Waals surface area (Å²) in [5, 5.41) is 5.31. The quantitative estimate of drug-likeness (QED) is 0.568. The predicted molar refractivity (Wildman–Crippen MR) is 115 cm³/mol. The van der Waals surface area contributed by atoms with Crippen LogP contribution in [0.15, 0.2) is 60.0 Å². The van der Waals surface area contributed by atoms with Crippen LogP contribution in [-0.2, 0) is 16.1 Å². The number of hydrogen-bond acceptors (Lipinski definition) is 6. The summed E-state index contributed by atoms with van der Waals surface area (Å²) in [6.45, 7) is 3.84. The first-order valence-electron chi connectivity index (χ1n) is 9.29. The third-order valence-electron chi connectivity index (χ3n) is 4.42. The lowest BCUT2D eigenvalue weighted by Gasteiger charge is -2.19. The Hall–Kier alpha value is -3.03. The summed E-state index contributed by atoms with van der Waals surface area (Å²) >= 11 is 1.37. The summed E-state index contributed by atoms with van der Waals surface area (Å²) < 4.78 is 4.70. The zero-order valence-electron chi connectivity index (χ0n) is 16.4. The number of likely N-dealkylation sites (N-methyl/N-ethyl adjacent to an activating group) is 1. The number of methoxy groups -OCH3 is 1. The van der Waals surface area contributed by atoms with E-state index in [1.165, 1.54) is 24.0 Å². The predicted octanol–water partition coefficient (Wildman–Crippen LogP) is 4.06. The minimum Gasteiger partial charge on any atom is -0.465 e. The maximum absolute atomic E-state index is 12.4. The van der Waals surface area contributed by atoms with Gasteiger partial charge in [0.1, 0.15) is 0 Å². The molecule has 6 nitrogen and oxygen atoms in total. The number of nitrogens with one attached hydrogen (secondary N) is 1. The molecule has 0 saturated heterocycles. The second-order valence-corrected chi connectivity index (χ2v) is 7.30. The second kappa shape index (κ2) is 9.95. The van der Waals surface area contributed by atoms with Gasteiger partial charge in [-0.05, 0) is 24.2 Å². The lowest BCUT2D eigenvalue weighted by atomic mass is 10.1. The van der Waals surface area contributed by atoms with Gasteiger partial charge in [0.15, 0.2) is 5.13 Å². The minimum atomic E-state index is -0.376. The van der Waals surface area contributed by atoms with Crippen LogP contribution < -0.4 is 5.32 Å². The number of rotatable bonds is 8. The number of anilines is 1. The summed E-state index contributed by atoms with van der Waals surface area (Å²) in [5.41, 5.74) is 3.28. The molecule has 0 aliphatic heterocycles. The van der Waals surface area contributed by atoms with E-state index in [-0.39, 0.29) is 11.9 Å². The highest BCUT2D eigenvalue weighted by Gasteiger charge is 2.13. The summed E-state index contributed by atoms with van der Waals surface area (Å²) in [6.07, 6.45) is 0. The van der Waals surface area contributed by atoms with E-state index < -0.39 is 0 Å². The Morgan fingerprint density at radius 3 is 2.48 bits per heavy atom. The first-order valence-corrected chi connectivity index (χ1v) is 10.2. The van der Waals surface area contributed by atoms with Crippen LogP contribution in [0.25, 0.3) is 11.3 Å². The topological polar surface area (TPSA) is 71.5 Å². The third kappa shape index (κ3) is 5.73. The SMILES string of the molecule is CCN(CC(=O)Nc1nc(-c2ccc(C(=O)OC)cc2)cs1)Cc1ccccc1. The first-order chi connectivity index (χ1) is 14.1. The lowest BCUT2D eigenvalue weighted by molar-refractivity contribution is -0.117. The largest absolute Gasteiger partial charge is 0.465 e. The molecule has 2 aromatic carbocycles. The Labute approximate surface area is 174 Å². The van der Waals surface area contributed by atoms with Gasteiger partial charge in [-0.25, -0.2) is 9.78 Å². The highest BCUT2D eigenvalue weighted by molar-refractivity contribution is 7.14. The second-order valence-electron chi connectivity index (χ2n) is 6.44. The van der Waals surface area contributed by atoms with Gasteiger partial charge in [0.2, 0.25) is 5.91 Å². The summed E-state index contributed by atoms with van der Waals surface area (Å²) in [6, 6.07) is 17.1. The fraction of sp³-hybridized carbons (Fsp3) is 0.227. The molecule has 1 N–H and O–H groups in total. The van der Waals surface area contributed by atoms with Crippen molar-refractivity contribution in [3.63, 3.8) is 0 Å². The van der Waals surface area contributed by atoms with Crippen LogP contribution in [0.5, 0.6) is 0 Å². The van der Waals surface area contributed by atoms with Gasteiger partial charge in [-0.1, -0.05) is 49.4 Å². The van der Waals surface area contributed by atoms with Crippen molar-refractivity contribution in [2.75, 3.05) is 25.5 Å². The van der Waals surface area contributed by atoms with Crippen LogP contribution in [0, 0.1) is 0 Å². The van der Waals surface area contributed by atoms with Gasteiger partial charge in [0, 0.05) is 17.5 Å². The van der Waals surface area contributed by atoms with Crippen molar-refractivity contribution in [1.29, 1.82) is 0 Å².